The largest absolute Gasteiger partial charge is 0.337 e. The Morgan fingerprint density at radius 3 is 2.57 bits per heavy atom. The van der Waals surface area contributed by atoms with E-state index in [0.717, 1.165) is 29.9 Å². The van der Waals surface area contributed by atoms with E-state index < -0.39 is 0 Å². The maximum atomic E-state index is 13.2. The van der Waals surface area contributed by atoms with E-state index in [1.54, 1.807) is 10.7 Å². The summed E-state index contributed by atoms with van der Waals surface area (Å²) in [5, 5.41) is 4.59. The van der Waals surface area contributed by atoms with Crippen molar-refractivity contribution in [3.05, 3.63) is 64.0 Å². The highest BCUT2D eigenvalue weighted by atomic mass is 16.2. The predicted molar refractivity (Wildman–Crippen MR) is 116 cm³/mol. The molecule has 0 spiro atoms. The van der Waals surface area contributed by atoms with Crippen molar-refractivity contribution in [2.75, 3.05) is 13.1 Å². The van der Waals surface area contributed by atoms with Crippen LogP contribution < -0.4 is 5.56 Å². The number of hydrogen-bond acceptors (Lipinski definition) is 4. The number of carbonyl (C=O) groups is 1. The number of rotatable bonds is 3. The minimum atomic E-state index is -0.100. The van der Waals surface area contributed by atoms with Crippen LogP contribution >= 0.6 is 0 Å². The lowest BCUT2D eigenvalue weighted by molar-refractivity contribution is 0.0672. The Morgan fingerprint density at radius 1 is 1.13 bits per heavy atom. The van der Waals surface area contributed by atoms with Gasteiger partial charge in [0.05, 0.1) is 11.4 Å². The van der Waals surface area contributed by atoms with E-state index >= 15 is 0 Å². The first-order chi connectivity index (χ1) is 14.2. The second-order valence-corrected chi connectivity index (χ2v) is 9.20. The summed E-state index contributed by atoms with van der Waals surface area (Å²) in [6.45, 7) is 10.1. The SMILES string of the molecule is Cc1nc2ccccn2c1C(=O)N1CCC(Cn2nc(C(C)(C)C)ccc2=O)CC1. The van der Waals surface area contributed by atoms with E-state index in [1.165, 1.54) is 0 Å². The maximum absolute atomic E-state index is 13.2. The summed E-state index contributed by atoms with van der Waals surface area (Å²) >= 11 is 0. The molecule has 0 aromatic carbocycles. The summed E-state index contributed by atoms with van der Waals surface area (Å²) < 4.78 is 3.46. The van der Waals surface area contributed by atoms with Crippen LogP contribution in [0.3, 0.4) is 0 Å². The lowest BCUT2D eigenvalue weighted by Gasteiger charge is -2.32. The number of piperidine rings is 1. The molecule has 7 heteroatoms. The van der Waals surface area contributed by atoms with E-state index in [2.05, 4.69) is 30.9 Å². The van der Waals surface area contributed by atoms with Crippen LogP contribution in [-0.2, 0) is 12.0 Å². The third-order valence-corrected chi connectivity index (χ3v) is 5.87. The highest BCUT2D eigenvalue weighted by Gasteiger charge is 2.27. The zero-order valence-electron chi connectivity index (χ0n) is 18.1. The lowest BCUT2D eigenvalue weighted by Crippen LogP contribution is -2.41. The third-order valence-electron chi connectivity index (χ3n) is 5.87. The number of likely N-dealkylation sites (tertiary alicyclic amines) is 1. The van der Waals surface area contributed by atoms with E-state index in [9.17, 15) is 9.59 Å². The molecule has 3 aromatic rings. The molecular formula is C23H29N5O2. The number of pyridine rings is 1. The van der Waals surface area contributed by atoms with Gasteiger partial charge >= 0.3 is 0 Å². The normalized spacial score (nSPS) is 15.7. The molecule has 1 aliphatic rings. The van der Waals surface area contributed by atoms with Crippen LogP contribution in [-0.4, -0.2) is 43.1 Å². The summed E-state index contributed by atoms with van der Waals surface area (Å²) in [4.78, 5) is 31.9. The topological polar surface area (TPSA) is 72.5 Å². The molecule has 0 bridgehead atoms. The zero-order chi connectivity index (χ0) is 21.5. The highest BCUT2D eigenvalue weighted by molar-refractivity contribution is 5.94. The van der Waals surface area contributed by atoms with Gasteiger partial charge in [-0.2, -0.15) is 5.10 Å². The van der Waals surface area contributed by atoms with Crippen molar-refractivity contribution in [3.63, 3.8) is 0 Å². The molecule has 1 fully saturated rings. The van der Waals surface area contributed by atoms with Gasteiger partial charge in [-0.25, -0.2) is 9.67 Å². The number of carbonyl (C=O) groups excluding carboxylic acids is 1. The molecule has 0 atom stereocenters. The van der Waals surface area contributed by atoms with Crippen molar-refractivity contribution >= 4 is 11.6 Å². The Bertz CT molecular complexity index is 1130. The molecule has 158 valence electrons. The molecule has 7 nitrogen and oxygen atoms in total. The van der Waals surface area contributed by atoms with Crippen LogP contribution in [0.4, 0.5) is 0 Å². The molecule has 0 radical (unpaired) electrons. The highest BCUT2D eigenvalue weighted by Crippen LogP contribution is 2.23. The lowest BCUT2D eigenvalue weighted by atomic mass is 9.92. The number of nitrogens with zero attached hydrogens (tertiary/aromatic N) is 5. The summed E-state index contributed by atoms with van der Waals surface area (Å²) in [5.41, 5.74) is 2.93. The molecule has 0 saturated carbocycles. The second-order valence-electron chi connectivity index (χ2n) is 9.20. The summed E-state index contributed by atoms with van der Waals surface area (Å²) in [6, 6.07) is 9.17. The van der Waals surface area contributed by atoms with Gasteiger partial charge in [0, 0.05) is 37.3 Å². The van der Waals surface area contributed by atoms with Gasteiger partial charge in [0.2, 0.25) is 0 Å². The maximum Gasteiger partial charge on any atom is 0.272 e. The first-order valence-corrected chi connectivity index (χ1v) is 10.6. The first-order valence-electron chi connectivity index (χ1n) is 10.6. The fourth-order valence-electron chi connectivity index (χ4n) is 4.06. The molecule has 0 unspecified atom stereocenters. The third kappa shape index (κ3) is 3.88. The second kappa shape index (κ2) is 7.70. The molecule has 1 saturated heterocycles. The molecule has 4 heterocycles. The molecule has 1 aliphatic heterocycles. The fourth-order valence-corrected chi connectivity index (χ4v) is 4.06. The van der Waals surface area contributed by atoms with Crippen molar-refractivity contribution < 1.29 is 4.79 Å². The van der Waals surface area contributed by atoms with Crippen LogP contribution in [0.15, 0.2) is 41.3 Å². The number of imidazole rings is 1. The quantitative estimate of drug-likeness (QED) is 0.669. The standard InChI is InChI=1S/C23H29N5O2/c1-16-21(27-12-6-5-7-19(27)24-16)22(30)26-13-10-17(11-14-26)15-28-20(29)9-8-18(25-28)23(2,3)4/h5-9,12,17H,10-11,13-15H2,1-4H3. The van der Waals surface area contributed by atoms with Gasteiger partial charge in [0.1, 0.15) is 11.3 Å². The molecule has 3 aromatic heterocycles. The van der Waals surface area contributed by atoms with Crippen molar-refractivity contribution in [2.45, 2.75) is 52.5 Å². The van der Waals surface area contributed by atoms with Crippen LogP contribution in [0.5, 0.6) is 0 Å². The van der Waals surface area contributed by atoms with E-state index in [1.807, 2.05) is 46.7 Å². The molecule has 0 N–H and O–H groups in total. The van der Waals surface area contributed by atoms with Crippen LogP contribution in [0.2, 0.25) is 0 Å². The summed E-state index contributed by atoms with van der Waals surface area (Å²) in [5.74, 6) is 0.354. The smallest absolute Gasteiger partial charge is 0.272 e. The van der Waals surface area contributed by atoms with Crippen molar-refractivity contribution in [1.82, 2.24) is 24.1 Å². The minimum Gasteiger partial charge on any atom is -0.337 e. The number of amides is 1. The fraction of sp³-hybridized carbons (Fsp3) is 0.478. The Kier molecular flexibility index (Phi) is 5.22. The van der Waals surface area contributed by atoms with Gasteiger partial charge in [0.25, 0.3) is 11.5 Å². The van der Waals surface area contributed by atoms with E-state index in [-0.39, 0.29) is 16.9 Å². The summed E-state index contributed by atoms with van der Waals surface area (Å²) in [7, 11) is 0. The van der Waals surface area contributed by atoms with E-state index in [4.69, 9.17) is 0 Å². The first kappa shape index (κ1) is 20.3. The van der Waals surface area contributed by atoms with Gasteiger partial charge in [-0.05, 0) is 43.9 Å². The van der Waals surface area contributed by atoms with Gasteiger partial charge in [0.15, 0.2) is 0 Å². The molecule has 30 heavy (non-hydrogen) atoms. The number of fused-ring (bicyclic) bond motifs is 1. The van der Waals surface area contributed by atoms with E-state index in [0.29, 0.717) is 31.2 Å². The summed E-state index contributed by atoms with van der Waals surface area (Å²) in [6.07, 6.45) is 3.60. The zero-order valence-corrected chi connectivity index (χ0v) is 18.1. The number of hydrogen-bond donors (Lipinski definition) is 0. The molecule has 4 rings (SSSR count). The average molecular weight is 408 g/mol. The van der Waals surface area contributed by atoms with Crippen molar-refractivity contribution in [3.8, 4) is 0 Å². The predicted octanol–water partition coefficient (Wildman–Crippen LogP) is 3.05. The Balaban J connectivity index is 1.45. The Hall–Kier alpha value is -2.96. The molecule has 0 aliphatic carbocycles. The number of aryl methyl sites for hydroxylation is 1. The Morgan fingerprint density at radius 2 is 1.87 bits per heavy atom. The van der Waals surface area contributed by atoms with Gasteiger partial charge in [-0.3, -0.25) is 14.0 Å². The van der Waals surface area contributed by atoms with Crippen molar-refractivity contribution in [1.29, 1.82) is 0 Å². The molecular weight excluding hydrogens is 378 g/mol. The van der Waals surface area contributed by atoms with Gasteiger partial charge in [-0.1, -0.05) is 26.8 Å². The van der Waals surface area contributed by atoms with Crippen molar-refractivity contribution in [2.24, 2.45) is 5.92 Å². The van der Waals surface area contributed by atoms with Crippen LogP contribution in [0.1, 0.15) is 55.5 Å². The van der Waals surface area contributed by atoms with Crippen LogP contribution in [0.25, 0.3) is 5.65 Å². The van der Waals surface area contributed by atoms with Crippen LogP contribution in [0, 0.1) is 12.8 Å². The van der Waals surface area contributed by atoms with Gasteiger partial charge < -0.3 is 4.90 Å². The Labute approximate surface area is 176 Å². The molecule has 1 amide bonds. The average Bonchev–Trinajstić information content (AvgIpc) is 3.04. The van der Waals surface area contributed by atoms with Gasteiger partial charge in [-0.15, -0.1) is 0 Å². The minimum absolute atomic E-state index is 0.0228. The monoisotopic (exact) mass is 407 g/mol. The number of aromatic nitrogens is 4.